The van der Waals surface area contributed by atoms with Crippen LogP contribution in [0.4, 0.5) is 0 Å². The predicted molar refractivity (Wildman–Crippen MR) is 90.9 cm³/mol. The zero-order valence-corrected chi connectivity index (χ0v) is 14.7. The van der Waals surface area contributed by atoms with E-state index in [-0.39, 0.29) is 12.8 Å². The fraction of sp³-hybridized carbons (Fsp3) is 0.733. The van der Waals surface area contributed by atoms with Crippen LogP contribution < -0.4 is 22.1 Å². The molecule has 0 aromatic rings. The summed E-state index contributed by atoms with van der Waals surface area (Å²) in [6.07, 6.45) is -0.603. The first-order valence-electron chi connectivity index (χ1n) is 8.29. The molecule has 0 radical (unpaired) electrons. The lowest BCUT2D eigenvalue weighted by Gasteiger charge is -2.23. The van der Waals surface area contributed by atoms with Crippen molar-refractivity contribution in [3.63, 3.8) is 0 Å². The third-order valence-corrected chi connectivity index (χ3v) is 3.66. The average Bonchev–Trinajstić information content (AvgIpc) is 2.56. The SMILES string of the molecule is CC(O)C(N)C(=O)NC(CCCCN)C(=O)NC(CCC(=O)O)C(=O)O. The molecule has 0 bridgehead atoms. The van der Waals surface area contributed by atoms with Crippen molar-refractivity contribution < 1.29 is 34.5 Å². The quantitative estimate of drug-likeness (QED) is 0.173. The van der Waals surface area contributed by atoms with Gasteiger partial charge in [0.05, 0.1) is 6.10 Å². The number of aliphatic carboxylic acids is 2. The van der Waals surface area contributed by atoms with E-state index >= 15 is 0 Å². The first kappa shape index (κ1) is 23.8. The van der Waals surface area contributed by atoms with Gasteiger partial charge in [-0.2, -0.15) is 0 Å². The summed E-state index contributed by atoms with van der Waals surface area (Å²) in [6.45, 7) is 1.70. The first-order valence-corrected chi connectivity index (χ1v) is 8.29. The van der Waals surface area contributed by atoms with Crippen LogP contribution in [-0.2, 0) is 19.2 Å². The Morgan fingerprint density at radius 3 is 2.00 bits per heavy atom. The summed E-state index contributed by atoms with van der Waals surface area (Å²) in [6, 6.07) is -3.73. The fourth-order valence-corrected chi connectivity index (χ4v) is 2.05. The summed E-state index contributed by atoms with van der Waals surface area (Å²) in [5.74, 6) is -4.11. The van der Waals surface area contributed by atoms with Crippen LogP contribution in [0.25, 0.3) is 0 Å². The molecule has 0 saturated heterocycles. The minimum absolute atomic E-state index is 0.187. The Hall–Kier alpha value is -2.24. The van der Waals surface area contributed by atoms with Crippen LogP contribution in [0.15, 0.2) is 0 Å². The zero-order chi connectivity index (χ0) is 20.3. The number of aliphatic hydroxyl groups is 1. The first-order chi connectivity index (χ1) is 12.1. The highest BCUT2D eigenvalue weighted by atomic mass is 16.4. The highest BCUT2D eigenvalue weighted by Gasteiger charge is 2.29. The van der Waals surface area contributed by atoms with Gasteiger partial charge in [0.25, 0.3) is 0 Å². The normalized spacial score (nSPS) is 15.4. The van der Waals surface area contributed by atoms with Gasteiger partial charge in [-0.25, -0.2) is 4.79 Å². The van der Waals surface area contributed by atoms with Crippen LogP contribution in [0.5, 0.6) is 0 Å². The van der Waals surface area contributed by atoms with Crippen LogP contribution >= 0.6 is 0 Å². The zero-order valence-electron chi connectivity index (χ0n) is 14.7. The average molecular weight is 376 g/mol. The molecule has 0 aromatic carbocycles. The van der Waals surface area contributed by atoms with Gasteiger partial charge in [-0.15, -0.1) is 0 Å². The number of aliphatic hydroxyl groups excluding tert-OH is 1. The number of unbranched alkanes of at least 4 members (excludes halogenated alkanes) is 1. The summed E-state index contributed by atoms with van der Waals surface area (Å²) in [7, 11) is 0. The third-order valence-electron chi connectivity index (χ3n) is 3.66. The topological polar surface area (TPSA) is 205 Å². The molecule has 0 spiro atoms. The van der Waals surface area contributed by atoms with Crippen molar-refractivity contribution in [1.82, 2.24) is 10.6 Å². The molecule has 26 heavy (non-hydrogen) atoms. The fourth-order valence-electron chi connectivity index (χ4n) is 2.05. The Bertz CT molecular complexity index is 498. The Morgan fingerprint density at radius 1 is 0.962 bits per heavy atom. The number of carboxylic acid groups (broad SMARTS) is 2. The second-order valence-corrected chi connectivity index (χ2v) is 5.94. The number of carbonyl (C=O) groups excluding carboxylic acids is 2. The third kappa shape index (κ3) is 9.30. The van der Waals surface area contributed by atoms with Gasteiger partial charge < -0.3 is 37.4 Å². The van der Waals surface area contributed by atoms with Gasteiger partial charge in [-0.3, -0.25) is 14.4 Å². The van der Waals surface area contributed by atoms with Gasteiger partial charge in [-0.1, -0.05) is 0 Å². The molecule has 0 fully saturated rings. The summed E-state index contributed by atoms with van der Waals surface area (Å²) in [5, 5.41) is 31.7. The van der Waals surface area contributed by atoms with Crippen molar-refractivity contribution in [1.29, 1.82) is 0 Å². The lowest BCUT2D eigenvalue weighted by atomic mass is 10.1. The molecule has 0 saturated carbocycles. The second kappa shape index (κ2) is 12.2. The van der Waals surface area contributed by atoms with E-state index in [1.165, 1.54) is 6.92 Å². The van der Waals surface area contributed by atoms with Crippen molar-refractivity contribution in [3.8, 4) is 0 Å². The van der Waals surface area contributed by atoms with Gasteiger partial charge in [0.15, 0.2) is 0 Å². The maximum absolute atomic E-state index is 12.4. The molecule has 11 nitrogen and oxygen atoms in total. The van der Waals surface area contributed by atoms with Gasteiger partial charge in [0.2, 0.25) is 11.8 Å². The molecular weight excluding hydrogens is 348 g/mol. The summed E-state index contributed by atoms with van der Waals surface area (Å²) >= 11 is 0. The smallest absolute Gasteiger partial charge is 0.326 e. The van der Waals surface area contributed by atoms with Gasteiger partial charge in [0.1, 0.15) is 18.1 Å². The lowest BCUT2D eigenvalue weighted by Crippen LogP contribution is -2.56. The Kier molecular flexibility index (Phi) is 11.1. The summed E-state index contributed by atoms with van der Waals surface area (Å²) in [5.41, 5.74) is 10.9. The van der Waals surface area contributed by atoms with Gasteiger partial charge in [0, 0.05) is 6.42 Å². The van der Waals surface area contributed by atoms with Crippen LogP contribution in [0, 0.1) is 0 Å². The monoisotopic (exact) mass is 376 g/mol. The second-order valence-electron chi connectivity index (χ2n) is 5.94. The summed E-state index contributed by atoms with van der Waals surface area (Å²) in [4.78, 5) is 46.1. The summed E-state index contributed by atoms with van der Waals surface area (Å²) < 4.78 is 0. The number of hydrogen-bond acceptors (Lipinski definition) is 7. The largest absolute Gasteiger partial charge is 0.481 e. The maximum Gasteiger partial charge on any atom is 0.326 e. The molecule has 4 unspecified atom stereocenters. The molecule has 11 heteroatoms. The highest BCUT2D eigenvalue weighted by Crippen LogP contribution is 2.05. The molecule has 150 valence electrons. The number of nitrogens with one attached hydrogen (secondary N) is 2. The van der Waals surface area contributed by atoms with Crippen LogP contribution in [-0.4, -0.2) is 69.8 Å². The van der Waals surface area contributed by atoms with Crippen molar-refractivity contribution in [2.24, 2.45) is 11.5 Å². The molecule has 0 aliphatic rings. The molecule has 0 heterocycles. The van der Waals surface area contributed by atoms with Gasteiger partial charge in [-0.05, 0) is 39.2 Å². The van der Waals surface area contributed by atoms with Crippen molar-refractivity contribution >= 4 is 23.8 Å². The van der Waals surface area contributed by atoms with E-state index in [1.54, 1.807) is 0 Å². The van der Waals surface area contributed by atoms with Crippen LogP contribution in [0.1, 0.15) is 39.0 Å². The van der Waals surface area contributed by atoms with E-state index in [4.69, 9.17) is 21.7 Å². The van der Waals surface area contributed by atoms with Crippen LogP contribution in [0.2, 0.25) is 0 Å². The van der Waals surface area contributed by atoms with Crippen molar-refractivity contribution in [2.45, 2.75) is 63.3 Å². The van der Waals surface area contributed by atoms with E-state index in [9.17, 15) is 24.3 Å². The van der Waals surface area contributed by atoms with E-state index < -0.39 is 54.4 Å². The van der Waals surface area contributed by atoms with Gasteiger partial charge >= 0.3 is 11.9 Å². The Balaban J connectivity index is 5.02. The lowest BCUT2D eigenvalue weighted by molar-refractivity contribution is -0.143. The van der Waals surface area contributed by atoms with E-state index in [2.05, 4.69) is 10.6 Å². The molecule has 0 rings (SSSR count). The van der Waals surface area contributed by atoms with Crippen LogP contribution in [0.3, 0.4) is 0 Å². The number of hydrogen-bond donors (Lipinski definition) is 7. The molecular formula is C15H28N4O7. The number of carbonyl (C=O) groups is 4. The van der Waals surface area contributed by atoms with E-state index in [0.717, 1.165) is 0 Å². The Morgan fingerprint density at radius 2 is 1.54 bits per heavy atom. The van der Waals surface area contributed by atoms with E-state index in [0.29, 0.717) is 19.4 Å². The van der Waals surface area contributed by atoms with Crippen molar-refractivity contribution in [3.05, 3.63) is 0 Å². The molecule has 4 atom stereocenters. The number of rotatable bonds is 13. The number of amides is 2. The highest BCUT2D eigenvalue weighted by molar-refractivity contribution is 5.92. The molecule has 9 N–H and O–H groups in total. The van der Waals surface area contributed by atoms with Crippen molar-refractivity contribution in [2.75, 3.05) is 6.54 Å². The van der Waals surface area contributed by atoms with E-state index in [1.807, 2.05) is 0 Å². The maximum atomic E-state index is 12.4. The minimum Gasteiger partial charge on any atom is -0.481 e. The minimum atomic E-state index is -1.40. The Labute approximate surface area is 151 Å². The number of nitrogens with two attached hydrogens (primary N) is 2. The molecule has 2 amide bonds. The molecule has 0 aliphatic heterocycles. The molecule has 0 aliphatic carbocycles. The predicted octanol–water partition coefficient (Wildman–Crippen LogP) is -2.26. The standard InChI is InChI=1S/C15H28N4O7/c1-8(20)12(17)14(24)18-9(4-2-3-7-16)13(23)19-10(15(25)26)5-6-11(21)22/h8-10,12,20H,2-7,16-17H2,1H3,(H,18,24)(H,19,23)(H,21,22)(H,25,26). The molecule has 0 aromatic heterocycles. The number of carboxylic acids is 2.